The van der Waals surface area contributed by atoms with Gasteiger partial charge in [0.1, 0.15) is 5.76 Å². The van der Waals surface area contributed by atoms with E-state index in [1.165, 1.54) is 12.8 Å². The largest absolute Gasteiger partial charge is 0.360 e. The van der Waals surface area contributed by atoms with Crippen molar-refractivity contribution in [2.24, 2.45) is 5.92 Å². The Labute approximate surface area is 135 Å². The zero-order chi connectivity index (χ0) is 15.8. The summed E-state index contributed by atoms with van der Waals surface area (Å²) in [6.45, 7) is 2.44. The molecule has 3 aliphatic rings. The molecular weight excluding hydrogens is 294 g/mol. The summed E-state index contributed by atoms with van der Waals surface area (Å²) in [4.78, 5) is 28.6. The smallest absolute Gasteiger partial charge is 0.276 e. The van der Waals surface area contributed by atoms with Crippen molar-refractivity contribution < 1.29 is 14.1 Å². The first-order valence-corrected chi connectivity index (χ1v) is 8.77. The van der Waals surface area contributed by atoms with Gasteiger partial charge in [-0.3, -0.25) is 9.59 Å². The third kappa shape index (κ3) is 2.99. The van der Waals surface area contributed by atoms with Crippen LogP contribution in [0.2, 0.25) is 0 Å². The summed E-state index contributed by atoms with van der Waals surface area (Å²) >= 11 is 0. The van der Waals surface area contributed by atoms with Crippen LogP contribution in [0.1, 0.15) is 60.7 Å². The first kappa shape index (κ1) is 14.7. The van der Waals surface area contributed by atoms with Gasteiger partial charge in [-0.2, -0.15) is 0 Å². The highest BCUT2D eigenvalue weighted by Crippen LogP contribution is 2.40. The number of aromatic nitrogens is 1. The molecule has 0 atom stereocenters. The molecule has 1 saturated heterocycles. The second kappa shape index (κ2) is 5.98. The van der Waals surface area contributed by atoms with Crippen LogP contribution < -0.4 is 0 Å². The van der Waals surface area contributed by atoms with E-state index in [0.717, 1.165) is 31.4 Å². The number of carbonyl (C=O) groups excluding carboxylic acids is 2. The Morgan fingerprint density at radius 3 is 2.30 bits per heavy atom. The Morgan fingerprint density at radius 2 is 1.65 bits per heavy atom. The average molecular weight is 317 g/mol. The van der Waals surface area contributed by atoms with E-state index in [2.05, 4.69) is 5.16 Å². The second-order valence-electron chi connectivity index (χ2n) is 6.99. The summed E-state index contributed by atoms with van der Waals surface area (Å²) < 4.78 is 5.27. The van der Waals surface area contributed by atoms with Crippen LogP contribution in [0.4, 0.5) is 0 Å². The summed E-state index contributed by atoms with van der Waals surface area (Å²) in [5.74, 6) is 1.72. The van der Waals surface area contributed by atoms with Gasteiger partial charge in [-0.05, 0) is 25.7 Å². The monoisotopic (exact) mass is 317 g/mol. The SMILES string of the molecule is O=C(c1cc(C2CC2)on1)N1CCN(C(=O)C2CCCC2)CC1. The van der Waals surface area contributed by atoms with Crippen LogP contribution in [0.25, 0.3) is 0 Å². The van der Waals surface area contributed by atoms with E-state index < -0.39 is 0 Å². The predicted octanol–water partition coefficient (Wildman–Crippen LogP) is 2.03. The quantitative estimate of drug-likeness (QED) is 0.855. The van der Waals surface area contributed by atoms with E-state index in [-0.39, 0.29) is 17.7 Å². The van der Waals surface area contributed by atoms with Crippen LogP contribution in [0.15, 0.2) is 10.6 Å². The number of rotatable bonds is 3. The van der Waals surface area contributed by atoms with E-state index >= 15 is 0 Å². The molecule has 0 unspecified atom stereocenters. The lowest BCUT2D eigenvalue weighted by atomic mass is 10.1. The van der Waals surface area contributed by atoms with Gasteiger partial charge in [-0.15, -0.1) is 0 Å². The summed E-state index contributed by atoms with van der Waals surface area (Å²) in [6.07, 6.45) is 6.66. The van der Waals surface area contributed by atoms with Gasteiger partial charge in [-0.25, -0.2) is 0 Å². The van der Waals surface area contributed by atoms with Crippen molar-refractivity contribution in [2.45, 2.75) is 44.4 Å². The van der Waals surface area contributed by atoms with Gasteiger partial charge < -0.3 is 14.3 Å². The van der Waals surface area contributed by atoms with Crippen molar-refractivity contribution in [3.05, 3.63) is 17.5 Å². The number of amides is 2. The zero-order valence-electron chi connectivity index (χ0n) is 13.4. The van der Waals surface area contributed by atoms with E-state index in [0.29, 0.717) is 37.8 Å². The van der Waals surface area contributed by atoms with Crippen LogP contribution in [0.5, 0.6) is 0 Å². The van der Waals surface area contributed by atoms with Crippen molar-refractivity contribution in [3.63, 3.8) is 0 Å². The first-order valence-electron chi connectivity index (χ1n) is 8.77. The van der Waals surface area contributed by atoms with E-state index in [9.17, 15) is 9.59 Å². The molecule has 0 N–H and O–H groups in total. The minimum atomic E-state index is -0.0754. The lowest BCUT2D eigenvalue weighted by Crippen LogP contribution is -2.51. The average Bonchev–Trinajstić information content (AvgIpc) is 3.10. The van der Waals surface area contributed by atoms with Crippen molar-refractivity contribution in [3.8, 4) is 0 Å². The lowest BCUT2D eigenvalue weighted by Gasteiger charge is -2.35. The maximum Gasteiger partial charge on any atom is 0.276 e. The lowest BCUT2D eigenvalue weighted by molar-refractivity contribution is -0.136. The van der Waals surface area contributed by atoms with Crippen molar-refractivity contribution in [1.29, 1.82) is 0 Å². The molecule has 23 heavy (non-hydrogen) atoms. The highest BCUT2D eigenvalue weighted by atomic mass is 16.5. The predicted molar refractivity (Wildman–Crippen MR) is 82.9 cm³/mol. The molecule has 4 rings (SSSR count). The minimum Gasteiger partial charge on any atom is -0.360 e. The van der Waals surface area contributed by atoms with Gasteiger partial charge in [0, 0.05) is 44.1 Å². The standard InChI is InChI=1S/C17H23N3O3/c21-16(13-3-1-2-4-13)19-7-9-20(10-8-19)17(22)14-11-15(23-18-14)12-5-6-12/h11-13H,1-10H2. The van der Waals surface area contributed by atoms with Crippen LogP contribution in [-0.2, 0) is 4.79 Å². The molecule has 2 amide bonds. The molecule has 6 nitrogen and oxygen atoms in total. The van der Waals surface area contributed by atoms with Gasteiger partial charge >= 0.3 is 0 Å². The summed E-state index contributed by atoms with van der Waals surface area (Å²) in [5.41, 5.74) is 0.405. The Kier molecular flexibility index (Phi) is 3.83. The maximum absolute atomic E-state index is 12.5. The van der Waals surface area contributed by atoms with Crippen molar-refractivity contribution in [1.82, 2.24) is 15.0 Å². The van der Waals surface area contributed by atoms with Gasteiger partial charge in [0.2, 0.25) is 5.91 Å². The molecule has 2 saturated carbocycles. The summed E-state index contributed by atoms with van der Waals surface area (Å²) in [5, 5.41) is 3.92. The second-order valence-corrected chi connectivity index (χ2v) is 6.99. The van der Waals surface area contributed by atoms with Crippen molar-refractivity contribution in [2.75, 3.05) is 26.2 Å². The molecule has 124 valence electrons. The van der Waals surface area contributed by atoms with Crippen molar-refractivity contribution >= 4 is 11.8 Å². The Hall–Kier alpha value is -1.85. The van der Waals surface area contributed by atoms with Crippen LogP contribution in [0, 0.1) is 5.92 Å². The fraction of sp³-hybridized carbons (Fsp3) is 0.706. The highest BCUT2D eigenvalue weighted by Gasteiger charge is 2.33. The van der Waals surface area contributed by atoms with Gasteiger partial charge in [0.05, 0.1) is 0 Å². The number of nitrogens with zero attached hydrogens (tertiary/aromatic N) is 3. The normalized spacial score (nSPS) is 22.6. The number of hydrogen-bond donors (Lipinski definition) is 0. The van der Waals surface area contributed by atoms with Gasteiger partial charge in [0.25, 0.3) is 5.91 Å². The number of hydrogen-bond acceptors (Lipinski definition) is 4. The first-order chi connectivity index (χ1) is 11.2. The third-order valence-corrected chi connectivity index (χ3v) is 5.31. The van der Waals surface area contributed by atoms with Crippen LogP contribution in [0.3, 0.4) is 0 Å². The van der Waals surface area contributed by atoms with E-state index in [4.69, 9.17) is 4.52 Å². The highest BCUT2D eigenvalue weighted by molar-refractivity contribution is 5.92. The van der Waals surface area contributed by atoms with Crippen LogP contribution in [-0.4, -0.2) is 52.9 Å². The van der Waals surface area contributed by atoms with Crippen LogP contribution >= 0.6 is 0 Å². The Morgan fingerprint density at radius 1 is 1.00 bits per heavy atom. The zero-order valence-corrected chi connectivity index (χ0v) is 13.4. The molecule has 1 aromatic heterocycles. The summed E-state index contributed by atoms with van der Waals surface area (Å²) in [7, 11) is 0. The molecule has 1 aromatic rings. The molecule has 0 spiro atoms. The van der Waals surface area contributed by atoms with Gasteiger partial charge in [-0.1, -0.05) is 18.0 Å². The minimum absolute atomic E-state index is 0.0754. The molecule has 3 fully saturated rings. The number of carbonyl (C=O) groups is 2. The van der Waals surface area contributed by atoms with E-state index in [1.54, 1.807) is 11.0 Å². The number of piperazine rings is 1. The topological polar surface area (TPSA) is 66.7 Å². The summed E-state index contributed by atoms with van der Waals surface area (Å²) in [6, 6.07) is 1.79. The fourth-order valence-corrected chi connectivity index (χ4v) is 3.67. The molecule has 6 heteroatoms. The molecule has 0 bridgehead atoms. The molecule has 2 heterocycles. The molecular formula is C17H23N3O3. The molecule has 0 aromatic carbocycles. The molecule has 2 aliphatic carbocycles. The Balaban J connectivity index is 1.33. The van der Waals surface area contributed by atoms with Gasteiger partial charge in [0.15, 0.2) is 5.69 Å². The molecule has 0 radical (unpaired) electrons. The third-order valence-electron chi connectivity index (χ3n) is 5.31. The maximum atomic E-state index is 12.5. The molecule has 1 aliphatic heterocycles. The fourth-order valence-electron chi connectivity index (χ4n) is 3.67. The Bertz CT molecular complexity index is 594. The van der Waals surface area contributed by atoms with E-state index in [1.807, 2.05) is 4.90 Å².